The number of anilines is 1. The highest BCUT2D eigenvalue weighted by Gasteiger charge is 2.35. The van der Waals surface area contributed by atoms with Crippen molar-refractivity contribution in [3.8, 4) is 16.9 Å². The fourth-order valence-corrected chi connectivity index (χ4v) is 5.01. The highest BCUT2D eigenvalue weighted by Crippen LogP contribution is 2.32. The number of nitrogens with zero attached hydrogens (tertiary/aromatic N) is 6. The normalized spacial score (nSPS) is 23.2. The third kappa shape index (κ3) is 2.87. The van der Waals surface area contributed by atoms with Crippen LogP contribution in [0.3, 0.4) is 0 Å². The highest BCUT2D eigenvalue weighted by atomic mass is 15.3. The first kappa shape index (κ1) is 17.6. The van der Waals surface area contributed by atoms with Gasteiger partial charge in [-0.25, -0.2) is 9.67 Å². The summed E-state index contributed by atoms with van der Waals surface area (Å²) in [6, 6.07) is 11.9. The second-order valence-electron chi connectivity index (χ2n) is 8.36. The van der Waals surface area contributed by atoms with Crippen molar-refractivity contribution >= 4 is 16.9 Å². The van der Waals surface area contributed by atoms with Gasteiger partial charge >= 0.3 is 0 Å². The Morgan fingerprint density at radius 2 is 1.93 bits per heavy atom. The van der Waals surface area contributed by atoms with Crippen LogP contribution in [0.25, 0.3) is 28.0 Å². The van der Waals surface area contributed by atoms with E-state index in [1.165, 1.54) is 25.7 Å². The lowest BCUT2D eigenvalue weighted by atomic mass is 9.98. The number of benzene rings is 1. The van der Waals surface area contributed by atoms with Crippen LogP contribution in [0.5, 0.6) is 0 Å². The van der Waals surface area contributed by atoms with E-state index in [0.29, 0.717) is 18.1 Å². The Morgan fingerprint density at radius 3 is 2.67 bits per heavy atom. The summed E-state index contributed by atoms with van der Waals surface area (Å²) in [5, 5.41) is 17.2. The van der Waals surface area contributed by atoms with Crippen molar-refractivity contribution in [2.45, 2.75) is 43.8 Å². The fourth-order valence-electron chi connectivity index (χ4n) is 5.01. The van der Waals surface area contributed by atoms with Gasteiger partial charge in [0.25, 0.3) is 0 Å². The number of aromatic nitrogens is 6. The van der Waals surface area contributed by atoms with Gasteiger partial charge in [-0.2, -0.15) is 5.10 Å². The first-order valence-electron chi connectivity index (χ1n) is 10.6. The van der Waals surface area contributed by atoms with Crippen molar-refractivity contribution in [3.05, 3.63) is 49.1 Å². The Labute approximate surface area is 174 Å². The highest BCUT2D eigenvalue weighted by molar-refractivity contribution is 5.95. The molecule has 0 aliphatic carbocycles. The van der Waals surface area contributed by atoms with E-state index in [2.05, 4.69) is 48.6 Å². The molecule has 3 atom stereocenters. The van der Waals surface area contributed by atoms with Crippen LogP contribution in [0, 0.1) is 0 Å². The molecule has 2 N–H and O–H groups in total. The van der Waals surface area contributed by atoms with Gasteiger partial charge in [-0.3, -0.25) is 0 Å². The van der Waals surface area contributed by atoms with Crippen LogP contribution >= 0.6 is 0 Å². The molecule has 1 aromatic carbocycles. The Balaban J connectivity index is 1.30. The summed E-state index contributed by atoms with van der Waals surface area (Å²) in [5.74, 6) is 0.927. The zero-order valence-electron chi connectivity index (χ0n) is 16.9. The van der Waals surface area contributed by atoms with E-state index in [-0.39, 0.29) is 0 Å². The average Bonchev–Trinajstić information content (AvgIpc) is 3.54. The number of rotatable bonds is 4. The minimum atomic E-state index is 0.523. The molecule has 0 radical (unpaired) electrons. The number of nitrogens with one attached hydrogen (secondary N) is 2. The van der Waals surface area contributed by atoms with Crippen LogP contribution in [0.15, 0.2) is 49.1 Å². The SMILES string of the molecule is CN(c1ccc(-c2ccc(-n3cccn3)c3[nH]cnc23)nn1)C1C[C@H]2CC[C@@H](C1)N2. The van der Waals surface area contributed by atoms with E-state index in [0.717, 1.165) is 33.8 Å². The Hall–Kier alpha value is -3.26. The number of hydrogen-bond acceptors (Lipinski definition) is 6. The van der Waals surface area contributed by atoms with E-state index in [1.54, 1.807) is 12.5 Å². The Kier molecular flexibility index (Phi) is 4.05. The smallest absolute Gasteiger partial charge is 0.151 e. The molecule has 1 unspecified atom stereocenters. The molecular weight excluding hydrogens is 376 g/mol. The average molecular weight is 400 g/mol. The molecule has 2 aliphatic heterocycles. The van der Waals surface area contributed by atoms with Gasteiger partial charge in [0.15, 0.2) is 5.82 Å². The molecule has 0 amide bonds. The molecule has 2 aliphatic rings. The van der Waals surface area contributed by atoms with Gasteiger partial charge in [0.1, 0.15) is 0 Å². The van der Waals surface area contributed by atoms with Crippen molar-refractivity contribution in [2.24, 2.45) is 0 Å². The number of fused-ring (bicyclic) bond motifs is 3. The minimum Gasteiger partial charge on any atom is -0.355 e. The van der Waals surface area contributed by atoms with E-state index in [9.17, 15) is 0 Å². The van der Waals surface area contributed by atoms with E-state index >= 15 is 0 Å². The molecule has 30 heavy (non-hydrogen) atoms. The molecule has 8 nitrogen and oxygen atoms in total. The quantitative estimate of drug-likeness (QED) is 0.548. The molecule has 3 aromatic heterocycles. The predicted molar refractivity (Wildman–Crippen MR) is 116 cm³/mol. The lowest BCUT2D eigenvalue weighted by molar-refractivity contribution is 0.353. The van der Waals surface area contributed by atoms with Crippen LogP contribution in [-0.4, -0.2) is 55.1 Å². The summed E-state index contributed by atoms with van der Waals surface area (Å²) in [4.78, 5) is 10.1. The molecule has 2 bridgehead atoms. The maximum absolute atomic E-state index is 4.56. The summed E-state index contributed by atoms with van der Waals surface area (Å²) in [6.07, 6.45) is 10.4. The van der Waals surface area contributed by atoms with Crippen LogP contribution in [0.4, 0.5) is 5.82 Å². The fraction of sp³-hybridized carbons (Fsp3) is 0.364. The third-order valence-corrected chi connectivity index (χ3v) is 6.59. The maximum atomic E-state index is 4.56. The Bertz CT molecular complexity index is 1150. The van der Waals surface area contributed by atoms with E-state index in [1.807, 2.05) is 35.1 Å². The molecule has 152 valence electrons. The van der Waals surface area contributed by atoms with Gasteiger partial charge < -0.3 is 15.2 Å². The maximum Gasteiger partial charge on any atom is 0.151 e. The molecule has 6 rings (SSSR count). The predicted octanol–water partition coefficient (Wildman–Crippen LogP) is 2.92. The van der Waals surface area contributed by atoms with Gasteiger partial charge in [-0.15, -0.1) is 10.2 Å². The monoisotopic (exact) mass is 400 g/mol. The number of aromatic amines is 1. The molecule has 0 spiro atoms. The van der Waals surface area contributed by atoms with Gasteiger partial charge in [-0.05, 0) is 56.0 Å². The van der Waals surface area contributed by atoms with Crippen molar-refractivity contribution in [2.75, 3.05) is 11.9 Å². The molecule has 2 saturated heterocycles. The van der Waals surface area contributed by atoms with Crippen molar-refractivity contribution in [3.63, 3.8) is 0 Å². The standard InChI is InChI=1S/C22H24N8/c1-29(16-11-14-3-4-15(12-16)26-14)20-8-6-18(27-28-20)17-5-7-19(30-10-2-9-25-30)22-21(17)23-13-24-22/h2,5-10,13-16,26H,3-4,11-12H2,1H3,(H,23,24)/t14-,15+,16?. The van der Waals surface area contributed by atoms with E-state index in [4.69, 9.17) is 0 Å². The van der Waals surface area contributed by atoms with Gasteiger partial charge in [0, 0.05) is 43.1 Å². The second kappa shape index (κ2) is 6.91. The number of H-pyrrole nitrogens is 1. The van der Waals surface area contributed by atoms with Crippen LogP contribution in [0.1, 0.15) is 25.7 Å². The lowest BCUT2D eigenvalue weighted by Crippen LogP contribution is -2.47. The Morgan fingerprint density at radius 1 is 1.07 bits per heavy atom. The van der Waals surface area contributed by atoms with Crippen LogP contribution < -0.4 is 10.2 Å². The van der Waals surface area contributed by atoms with Crippen molar-refractivity contribution < 1.29 is 0 Å². The van der Waals surface area contributed by atoms with Crippen LogP contribution in [0.2, 0.25) is 0 Å². The second-order valence-corrected chi connectivity index (χ2v) is 8.36. The number of imidazole rings is 1. The van der Waals surface area contributed by atoms with E-state index < -0.39 is 0 Å². The summed E-state index contributed by atoms with van der Waals surface area (Å²) in [7, 11) is 2.14. The molecule has 2 fully saturated rings. The minimum absolute atomic E-state index is 0.523. The number of piperidine rings is 1. The third-order valence-electron chi connectivity index (χ3n) is 6.59. The van der Waals surface area contributed by atoms with Crippen LogP contribution in [-0.2, 0) is 0 Å². The van der Waals surface area contributed by atoms with Gasteiger partial charge in [0.2, 0.25) is 0 Å². The summed E-state index contributed by atoms with van der Waals surface area (Å²) >= 11 is 0. The molecule has 4 aromatic rings. The lowest BCUT2D eigenvalue weighted by Gasteiger charge is -2.36. The first-order valence-corrected chi connectivity index (χ1v) is 10.6. The van der Waals surface area contributed by atoms with Crippen molar-refractivity contribution in [1.82, 2.24) is 35.3 Å². The zero-order chi connectivity index (χ0) is 20.1. The number of hydrogen-bond donors (Lipinski definition) is 2. The first-order chi connectivity index (χ1) is 14.8. The molecular formula is C22H24N8. The molecule has 8 heteroatoms. The summed E-state index contributed by atoms with van der Waals surface area (Å²) in [6.45, 7) is 0. The summed E-state index contributed by atoms with van der Waals surface area (Å²) in [5.41, 5.74) is 4.55. The van der Waals surface area contributed by atoms with Gasteiger partial charge in [0.05, 0.1) is 28.7 Å². The topological polar surface area (TPSA) is 87.6 Å². The van der Waals surface area contributed by atoms with Crippen molar-refractivity contribution in [1.29, 1.82) is 0 Å². The molecule has 5 heterocycles. The zero-order valence-corrected chi connectivity index (χ0v) is 16.9. The van der Waals surface area contributed by atoms with Gasteiger partial charge in [-0.1, -0.05) is 0 Å². The molecule has 0 saturated carbocycles. The largest absolute Gasteiger partial charge is 0.355 e. The summed E-state index contributed by atoms with van der Waals surface area (Å²) < 4.78 is 1.83.